The highest BCUT2D eigenvalue weighted by molar-refractivity contribution is 6.65. The van der Waals surface area contributed by atoms with Gasteiger partial charge in [0.1, 0.15) is 0 Å². The monoisotopic (exact) mass is 363 g/mol. The van der Waals surface area contributed by atoms with Gasteiger partial charge in [-0.25, -0.2) is 0 Å². The van der Waals surface area contributed by atoms with Crippen LogP contribution in [0, 0.1) is 11.8 Å². The number of rotatable bonds is 4. The van der Waals surface area contributed by atoms with Crippen LogP contribution in [0.3, 0.4) is 0 Å². The van der Waals surface area contributed by atoms with E-state index in [4.69, 9.17) is 9.31 Å². The molecule has 5 nitrogen and oxygen atoms in total. The minimum atomic E-state index is -1.06. The molecular formula is C21H22BNO4. The van der Waals surface area contributed by atoms with E-state index in [9.17, 15) is 9.59 Å². The van der Waals surface area contributed by atoms with E-state index in [1.807, 2.05) is 55.5 Å². The van der Waals surface area contributed by atoms with E-state index < -0.39 is 30.9 Å². The summed E-state index contributed by atoms with van der Waals surface area (Å²) in [4.78, 5) is 29.1. The molecule has 3 rings (SSSR count). The van der Waals surface area contributed by atoms with Gasteiger partial charge in [-0.1, -0.05) is 68.4 Å². The molecule has 0 aliphatic carbocycles. The Balaban J connectivity index is 1.86. The molecule has 2 aromatic rings. The molecule has 2 aromatic carbocycles. The Kier molecular flexibility index (Phi) is 5.74. The van der Waals surface area contributed by atoms with Gasteiger partial charge in [-0.2, -0.15) is 0 Å². The van der Waals surface area contributed by atoms with Crippen molar-refractivity contribution < 1.29 is 18.9 Å². The summed E-state index contributed by atoms with van der Waals surface area (Å²) in [5.74, 6) is -1.96. The number of benzene rings is 2. The predicted molar refractivity (Wildman–Crippen MR) is 105 cm³/mol. The number of carbonyl (C=O) groups excluding carboxylic acids is 2. The van der Waals surface area contributed by atoms with Crippen LogP contribution in [-0.4, -0.2) is 25.3 Å². The molecule has 3 atom stereocenters. The summed E-state index contributed by atoms with van der Waals surface area (Å²) in [6, 6.07) is 17.2. The van der Waals surface area contributed by atoms with Crippen LogP contribution >= 0.6 is 0 Å². The fourth-order valence-corrected chi connectivity index (χ4v) is 2.84. The third-order valence-corrected chi connectivity index (χ3v) is 4.91. The number of hydrogen-bond acceptors (Lipinski definition) is 5. The first-order chi connectivity index (χ1) is 13.0. The molecule has 0 saturated carbocycles. The molecule has 1 aliphatic rings. The van der Waals surface area contributed by atoms with Crippen molar-refractivity contribution in [3.63, 3.8) is 0 Å². The smallest absolute Gasteiger partial charge is 0.495 e. The minimum Gasteiger partial charge on any atom is -0.495 e. The minimum absolute atomic E-state index is 0.0291. The quantitative estimate of drug-likeness (QED) is 0.619. The molecule has 0 bridgehead atoms. The number of carbonyl (C=O) groups is 2. The fourth-order valence-electron chi connectivity index (χ4n) is 2.84. The van der Waals surface area contributed by atoms with Gasteiger partial charge >= 0.3 is 7.12 Å². The van der Waals surface area contributed by atoms with E-state index >= 15 is 0 Å². The van der Waals surface area contributed by atoms with Crippen LogP contribution in [0.1, 0.15) is 37.9 Å². The Hall–Kier alpha value is -2.89. The summed E-state index contributed by atoms with van der Waals surface area (Å²) < 4.78 is 10.9. The number of hydrogen-bond donors (Lipinski definition) is 0. The van der Waals surface area contributed by atoms with Crippen LogP contribution in [0.4, 0.5) is 0 Å². The van der Waals surface area contributed by atoms with Gasteiger partial charge in [0.25, 0.3) is 11.9 Å². The summed E-state index contributed by atoms with van der Waals surface area (Å²) in [5, 5.41) is 0. The molecule has 1 heterocycles. The van der Waals surface area contributed by atoms with Gasteiger partial charge in [0, 0.05) is 11.7 Å². The summed E-state index contributed by atoms with van der Waals surface area (Å²) >= 11 is 0. The first kappa shape index (κ1) is 18.9. The molecule has 138 valence electrons. The van der Waals surface area contributed by atoms with Gasteiger partial charge in [-0.3, -0.25) is 14.6 Å². The zero-order chi connectivity index (χ0) is 19.4. The Morgan fingerprint density at radius 1 is 0.926 bits per heavy atom. The molecule has 1 fully saturated rings. The lowest BCUT2D eigenvalue weighted by Gasteiger charge is -2.13. The SMILES string of the molecule is C[C@@H](N=Cc1ccccc1B1OC(=O)[C@H](C)[C@@H](C)C(=O)O1)c1ccccc1. The van der Waals surface area contributed by atoms with E-state index in [-0.39, 0.29) is 6.04 Å². The maximum atomic E-state index is 12.2. The lowest BCUT2D eigenvalue weighted by Crippen LogP contribution is -2.41. The largest absolute Gasteiger partial charge is 0.637 e. The van der Waals surface area contributed by atoms with Gasteiger partial charge in [-0.15, -0.1) is 0 Å². The van der Waals surface area contributed by atoms with Gasteiger partial charge in [0.05, 0.1) is 17.9 Å². The predicted octanol–water partition coefficient (Wildman–Crippen LogP) is 2.93. The second kappa shape index (κ2) is 8.21. The van der Waals surface area contributed by atoms with Crippen molar-refractivity contribution in [1.29, 1.82) is 0 Å². The molecule has 0 unspecified atom stereocenters. The number of nitrogens with zero attached hydrogens (tertiary/aromatic N) is 1. The van der Waals surface area contributed by atoms with E-state index in [0.29, 0.717) is 5.46 Å². The van der Waals surface area contributed by atoms with Crippen LogP contribution in [0.2, 0.25) is 0 Å². The standard InChI is InChI=1S/C21H22BNO4/c1-14-15(2)21(25)27-22(26-20(14)24)19-12-8-7-11-18(19)13-23-16(3)17-9-5-4-6-10-17/h4-16H,1-3H3/t14-,15-,16-/m1/s1. The lowest BCUT2D eigenvalue weighted by molar-refractivity contribution is -0.143. The highest BCUT2D eigenvalue weighted by Crippen LogP contribution is 2.20. The van der Waals surface area contributed by atoms with Crippen molar-refractivity contribution in [2.24, 2.45) is 16.8 Å². The molecule has 27 heavy (non-hydrogen) atoms. The summed E-state index contributed by atoms with van der Waals surface area (Å²) in [7, 11) is -1.06. The van der Waals surface area contributed by atoms with Crippen LogP contribution in [0.25, 0.3) is 0 Å². The average molecular weight is 363 g/mol. The zero-order valence-electron chi connectivity index (χ0n) is 15.7. The Labute approximate surface area is 159 Å². The zero-order valence-corrected chi connectivity index (χ0v) is 15.7. The van der Waals surface area contributed by atoms with Gasteiger partial charge in [0.15, 0.2) is 0 Å². The Bertz CT molecular complexity index is 830. The van der Waals surface area contributed by atoms with E-state index in [0.717, 1.165) is 11.1 Å². The van der Waals surface area contributed by atoms with E-state index in [1.165, 1.54) is 0 Å². The third-order valence-electron chi connectivity index (χ3n) is 4.91. The van der Waals surface area contributed by atoms with Crippen molar-refractivity contribution in [2.75, 3.05) is 0 Å². The van der Waals surface area contributed by atoms with E-state index in [2.05, 4.69) is 4.99 Å². The Morgan fingerprint density at radius 3 is 2.11 bits per heavy atom. The second-order valence-electron chi connectivity index (χ2n) is 6.78. The molecule has 1 saturated heterocycles. The molecule has 6 heteroatoms. The topological polar surface area (TPSA) is 65.0 Å². The maximum absolute atomic E-state index is 12.2. The second-order valence-corrected chi connectivity index (χ2v) is 6.78. The van der Waals surface area contributed by atoms with Crippen LogP contribution in [-0.2, 0) is 18.9 Å². The van der Waals surface area contributed by atoms with Crippen molar-refractivity contribution in [1.82, 2.24) is 0 Å². The van der Waals surface area contributed by atoms with Crippen LogP contribution in [0.15, 0.2) is 59.6 Å². The first-order valence-electron chi connectivity index (χ1n) is 9.05. The third kappa shape index (κ3) is 4.27. The van der Waals surface area contributed by atoms with E-state index in [1.54, 1.807) is 26.1 Å². The van der Waals surface area contributed by atoms with Gasteiger partial charge < -0.3 is 9.31 Å². The van der Waals surface area contributed by atoms with Crippen LogP contribution in [0.5, 0.6) is 0 Å². The van der Waals surface area contributed by atoms with Gasteiger partial charge in [-0.05, 0) is 18.1 Å². The average Bonchev–Trinajstić information content (AvgIpc) is 2.79. The van der Waals surface area contributed by atoms with Crippen LogP contribution < -0.4 is 5.46 Å². The molecule has 0 radical (unpaired) electrons. The lowest BCUT2D eigenvalue weighted by atomic mass is 9.76. The molecule has 0 aromatic heterocycles. The Morgan fingerprint density at radius 2 is 1.48 bits per heavy atom. The molecule has 0 spiro atoms. The molecule has 1 aliphatic heterocycles. The fraction of sp³-hybridized carbons (Fsp3) is 0.286. The summed E-state index contributed by atoms with van der Waals surface area (Å²) in [5.41, 5.74) is 2.44. The summed E-state index contributed by atoms with van der Waals surface area (Å²) in [6.45, 7) is 5.35. The molecule has 0 amide bonds. The number of aliphatic imine (C=N–C) groups is 1. The highest BCUT2D eigenvalue weighted by atomic mass is 16.6. The summed E-state index contributed by atoms with van der Waals surface area (Å²) in [6.07, 6.45) is 1.73. The molecular weight excluding hydrogens is 341 g/mol. The normalized spacial score (nSPS) is 21.5. The van der Waals surface area contributed by atoms with Crippen molar-refractivity contribution >= 4 is 30.7 Å². The van der Waals surface area contributed by atoms with Crippen molar-refractivity contribution in [2.45, 2.75) is 26.8 Å². The van der Waals surface area contributed by atoms with Gasteiger partial charge in [0.2, 0.25) is 0 Å². The van der Waals surface area contributed by atoms with Crippen molar-refractivity contribution in [3.05, 3.63) is 65.7 Å². The van der Waals surface area contributed by atoms with Crippen molar-refractivity contribution in [3.8, 4) is 0 Å². The first-order valence-corrected chi connectivity index (χ1v) is 9.05. The maximum Gasteiger partial charge on any atom is 0.637 e. The molecule has 0 N–H and O–H groups in total. The highest BCUT2D eigenvalue weighted by Gasteiger charge is 2.41.